The molecular weight excluding hydrogens is 504 g/mol. The minimum Gasteiger partial charge on any atom is -0.493 e. The first-order valence-electron chi connectivity index (χ1n) is 10.2. The molecule has 0 saturated heterocycles. The number of benzene rings is 3. The molecule has 0 radical (unpaired) electrons. The summed E-state index contributed by atoms with van der Waals surface area (Å²) in [6.45, 7) is 1.73. The zero-order chi connectivity index (χ0) is 24.4. The highest BCUT2D eigenvalue weighted by molar-refractivity contribution is 9.10. The Kier molecular flexibility index (Phi) is 6.61. The second-order valence-electron chi connectivity index (χ2n) is 7.33. The van der Waals surface area contributed by atoms with Gasteiger partial charge in [0, 0.05) is 15.6 Å². The van der Waals surface area contributed by atoms with Crippen LogP contribution in [0.2, 0.25) is 0 Å². The third-order valence-electron chi connectivity index (χ3n) is 5.34. The SMILES string of the molecule is COc1ccc(/C=C2\Oc3c(ccc(OC(=O)c4ccc(Br)cc4)c3C)C2=O)c(OC)c1OC. The highest BCUT2D eigenvalue weighted by atomic mass is 79.9. The summed E-state index contributed by atoms with van der Waals surface area (Å²) < 4.78 is 28.5. The molecule has 0 saturated carbocycles. The first-order chi connectivity index (χ1) is 16.4. The van der Waals surface area contributed by atoms with E-state index < -0.39 is 5.97 Å². The van der Waals surface area contributed by atoms with Crippen LogP contribution in [0.15, 0.2) is 58.8 Å². The molecule has 3 aromatic carbocycles. The smallest absolute Gasteiger partial charge is 0.343 e. The monoisotopic (exact) mass is 524 g/mol. The molecule has 0 unspecified atom stereocenters. The molecular formula is C26H21BrO7. The van der Waals surface area contributed by atoms with Crippen molar-refractivity contribution < 1.29 is 33.3 Å². The number of fused-ring (bicyclic) bond motifs is 1. The maximum atomic E-state index is 13.0. The van der Waals surface area contributed by atoms with Crippen LogP contribution in [0.25, 0.3) is 6.08 Å². The minimum absolute atomic E-state index is 0.111. The van der Waals surface area contributed by atoms with Gasteiger partial charge in [-0.3, -0.25) is 4.79 Å². The Bertz CT molecular complexity index is 1310. The van der Waals surface area contributed by atoms with E-state index in [4.69, 9.17) is 23.7 Å². The Hall–Kier alpha value is -3.78. The number of ketones is 1. The molecule has 0 spiro atoms. The summed E-state index contributed by atoms with van der Waals surface area (Å²) in [5.74, 6) is 1.27. The Morgan fingerprint density at radius 1 is 0.882 bits per heavy atom. The molecule has 7 nitrogen and oxygen atoms in total. The fourth-order valence-electron chi connectivity index (χ4n) is 3.60. The third-order valence-corrected chi connectivity index (χ3v) is 5.87. The maximum absolute atomic E-state index is 13.0. The summed E-state index contributed by atoms with van der Waals surface area (Å²) in [4.78, 5) is 25.6. The van der Waals surface area contributed by atoms with Gasteiger partial charge in [0.25, 0.3) is 0 Å². The van der Waals surface area contributed by atoms with Crippen molar-refractivity contribution in [2.45, 2.75) is 6.92 Å². The van der Waals surface area contributed by atoms with E-state index in [0.29, 0.717) is 51.0 Å². The largest absolute Gasteiger partial charge is 0.493 e. The van der Waals surface area contributed by atoms with Gasteiger partial charge in [0.1, 0.15) is 11.5 Å². The van der Waals surface area contributed by atoms with Crippen molar-refractivity contribution in [3.63, 3.8) is 0 Å². The summed E-state index contributed by atoms with van der Waals surface area (Å²) >= 11 is 3.34. The van der Waals surface area contributed by atoms with Crippen LogP contribution in [0.3, 0.4) is 0 Å². The van der Waals surface area contributed by atoms with Gasteiger partial charge >= 0.3 is 5.97 Å². The van der Waals surface area contributed by atoms with E-state index in [2.05, 4.69) is 15.9 Å². The lowest BCUT2D eigenvalue weighted by molar-refractivity contribution is 0.0733. The predicted molar refractivity (Wildman–Crippen MR) is 129 cm³/mol. The molecule has 3 aromatic rings. The minimum atomic E-state index is -0.509. The second kappa shape index (κ2) is 9.61. The van der Waals surface area contributed by atoms with Crippen LogP contribution in [-0.4, -0.2) is 33.1 Å². The Morgan fingerprint density at radius 3 is 2.21 bits per heavy atom. The molecule has 1 aliphatic rings. The number of ether oxygens (including phenoxy) is 5. The number of rotatable bonds is 6. The molecule has 0 amide bonds. The van der Waals surface area contributed by atoms with Gasteiger partial charge < -0.3 is 23.7 Å². The number of carbonyl (C=O) groups is 2. The van der Waals surface area contributed by atoms with Gasteiger partial charge in [-0.05, 0) is 61.5 Å². The number of hydrogen-bond acceptors (Lipinski definition) is 7. The van der Waals surface area contributed by atoms with Gasteiger partial charge in [0.2, 0.25) is 11.5 Å². The molecule has 0 N–H and O–H groups in total. The lowest BCUT2D eigenvalue weighted by atomic mass is 10.1. The first kappa shape index (κ1) is 23.4. The Labute approximate surface area is 205 Å². The molecule has 4 rings (SSSR count). The third kappa shape index (κ3) is 4.24. The van der Waals surface area contributed by atoms with Gasteiger partial charge in [0.05, 0.1) is 32.5 Å². The summed E-state index contributed by atoms with van der Waals surface area (Å²) in [6.07, 6.45) is 1.58. The van der Waals surface area contributed by atoms with E-state index >= 15 is 0 Å². The van der Waals surface area contributed by atoms with Crippen molar-refractivity contribution in [1.82, 2.24) is 0 Å². The van der Waals surface area contributed by atoms with E-state index in [1.807, 2.05) is 0 Å². The number of esters is 1. The average molecular weight is 525 g/mol. The predicted octanol–water partition coefficient (Wildman–Crippen LogP) is 5.62. The van der Waals surface area contributed by atoms with Crippen molar-refractivity contribution in [3.8, 4) is 28.7 Å². The Morgan fingerprint density at radius 2 is 1.56 bits per heavy atom. The average Bonchev–Trinajstić information content (AvgIpc) is 3.16. The normalized spacial score (nSPS) is 13.3. The van der Waals surface area contributed by atoms with Crippen molar-refractivity contribution >= 4 is 33.8 Å². The standard InChI is InChI=1S/C26H21BrO7/c1-14-19(34-26(29)15-5-8-17(27)9-6-15)12-10-18-22(28)21(33-23(14)18)13-16-7-11-20(30-2)25(32-4)24(16)31-3/h5-13H,1-4H3/b21-13-. The molecule has 0 aromatic heterocycles. The van der Waals surface area contributed by atoms with Crippen molar-refractivity contribution in [1.29, 1.82) is 0 Å². The lowest BCUT2D eigenvalue weighted by Crippen LogP contribution is -2.09. The Balaban J connectivity index is 1.65. The summed E-state index contributed by atoms with van der Waals surface area (Å²) in [5, 5.41) is 0. The highest BCUT2D eigenvalue weighted by Crippen LogP contribution is 2.43. The van der Waals surface area contributed by atoms with E-state index in [0.717, 1.165) is 4.47 Å². The number of carbonyl (C=O) groups excluding carboxylic acids is 2. The van der Waals surface area contributed by atoms with Gasteiger partial charge in [-0.1, -0.05) is 15.9 Å². The van der Waals surface area contributed by atoms with Crippen LogP contribution < -0.4 is 23.7 Å². The van der Waals surface area contributed by atoms with Crippen LogP contribution in [0.4, 0.5) is 0 Å². The molecule has 0 bridgehead atoms. The number of halogens is 1. The van der Waals surface area contributed by atoms with Crippen LogP contribution in [0, 0.1) is 6.92 Å². The molecule has 8 heteroatoms. The van der Waals surface area contributed by atoms with Crippen LogP contribution >= 0.6 is 15.9 Å². The fourth-order valence-corrected chi connectivity index (χ4v) is 3.87. The quantitative estimate of drug-likeness (QED) is 0.235. The second-order valence-corrected chi connectivity index (χ2v) is 8.24. The van der Waals surface area contributed by atoms with E-state index in [1.54, 1.807) is 61.5 Å². The van der Waals surface area contributed by atoms with Crippen LogP contribution in [-0.2, 0) is 0 Å². The first-order valence-corrected chi connectivity index (χ1v) is 11.0. The molecule has 1 aliphatic heterocycles. The molecule has 1 heterocycles. The number of allylic oxidation sites excluding steroid dienone is 1. The van der Waals surface area contributed by atoms with Gasteiger partial charge in [-0.2, -0.15) is 0 Å². The topological polar surface area (TPSA) is 80.3 Å². The summed E-state index contributed by atoms with van der Waals surface area (Å²) in [5.41, 5.74) is 1.91. The maximum Gasteiger partial charge on any atom is 0.343 e. The van der Waals surface area contributed by atoms with E-state index in [1.165, 1.54) is 21.3 Å². The van der Waals surface area contributed by atoms with Crippen LogP contribution in [0.5, 0.6) is 28.7 Å². The fraction of sp³-hybridized carbons (Fsp3) is 0.154. The van der Waals surface area contributed by atoms with Gasteiger partial charge in [-0.25, -0.2) is 4.79 Å². The summed E-state index contributed by atoms with van der Waals surface area (Å²) in [6, 6.07) is 13.5. The highest BCUT2D eigenvalue weighted by Gasteiger charge is 2.31. The van der Waals surface area contributed by atoms with Crippen molar-refractivity contribution in [2.75, 3.05) is 21.3 Å². The number of Topliss-reactive ketones (excluding diaryl/α,β-unsaturated/α-hetero) is 1. The van der Waals surface area contributed by atoms with Crippen LogP contribution in [0.1, 0.15) is 31.8 Å². The molecule has 0 fully saturated rings. The summed E-state index contributed by atoms with van der Waals surface area (Å²) in [7, 11) is 4.53. The molecule has 0 atom stereocenters. The van der Waals surface area contributed by atoms with E-state index in [-0.39, 0.29) is 11.5 Å². The van der Waals surface area contributed by atoms with Gasteiger partial charge in [0.15, 0.2) is 17.3 Å². The number of methoxy groups -OCH3 is 3. The van der Waals surface area contributed by atoms with E-state index in [9.17, 15) is 9.59 Å². The zero-order valence-corrected chi connectivity index (χ0v) is 20.5. The van der Waals surface area contributed by atoms with Crippen molar-refractivity contribution in [2.24, 2.45) is 0 Å². The lowest BCUT2D eigenvalue weighted by Gasteiger charge is -2.14. The van der Waals surface area contributed by atoms with Crippen molar-refractivity contribution in [3.05, 3.63) is 81.0 Å². The zero-order valence-electron chi connectivity index (χ0n) is 18.9. The number of hydrogen-bond donors (Lipinski definition) is 0. The molecule has 0 aliphatic carbocycles. The molecule has 34 heavy (non-hydrogen) atoms. The molecule has 174 valence electrons. The van der Waals surface area contributed by atoms with Gasteiger partial charge in [-0.15, -0.1) is 0 Å².